The fourth-order valence-electron chi connectivity index (χ4n) is 1.42. The third-order valence-electron chi connectivity index (χ3n) is 2.18. The van der Waals surface area contributed by atoms with Crippen molar-refractivity contribution in [1.29, 1.82) is 0 Å². The molecule has 0 aromatic rings. The van der Waals surface area contributed by atoms with E-state index < -0.39 is 0 Å². The SMILES string of the molecule is CC1C=C(/C(Cl)=C\C=O)C=CC1OCO. The van der Waals surface area contributed by atoms with Gasteiger partial charge in [-0.05, 0) is 11.6 Å². The van der Waals surface area contributed by atoms with E-state index in [0.717, 1.165) is 5.57 Å². The maximum atomic E-state index is 10.2. The Hall–Kier alpha value is -0.900. The predicted octanol–water partition coefficient (Wildman–Crippen LogP) is 1.78. The van der Waals surface area contributed by atoms with E-state index in [9.17, 15) is 4.79 Å². The summed E-state index contributed by atoms with van der Waals surface area (Å²) in [5, 5.41) is 9.05. The van der Waals surface area contributed by atoms with Gasteiger partial charge >= 0.3 is 0 Å². The van der Waals surface area contributed by atoms with E-state index >= 15 is 0 Å². The Morgan fingerprint density at radius 2 is 2.47 bits per heavy atom. The number of halogens is 1. The zero-order valence-electron chi connectivity index (χ0n) is 8.39. The fraction of sp³-hybridized carbons (Fsp3) is 0.364. The third kappa shape index (κ3) is 3.30. The van der Waals surface area contributed by atoms with Gasteiger partial charge in [0.25, 0.3) is 0 Å². The Labute approximate surface area is 93.7 Å². The van der Waals surface area contributed by atoms with E-state index in [4.69, 9.17) is 21.4 Å². The lowest BCUT2D eigenvalue weighted by Crippen LogP contribution is -2.21. The molecule has 0 saturated heterocycles. The number of aliphatic hydroxyl groups excluding tert-OH is 1. The summed E-state index contributed by atoms with van der Waals surface area (Å²) in [5.41, 5.74) is 0.800. The Kier molecular flexibility index (Phi) is 4.75. The molecule has 1 rings (SSSR count). The molecular formula is C11H13ClO3. The number of hydrogen-bond donors (Lipinski definition) is 1. The summed E-state index contributed by atoms with van der Waals surface area (Å²) in [4.78, 5) is 10.2. The van der Waals surface area contributed by atoms with Gasteiger partial charge in [0.15, 0.2) is 0 Å². The first-order chi connectivity index (χ1) is 7.19. The second-order valence-electron chi connectivity index (χ2n) is 3.25. The molecule has 1 N–H and O–H groups in total. The van der Waals surface area contributed by atoms with Gasteiger partial charge in [0, 0.05) is 5.92 Å². The number of carbonyl (C=O) groups is 1. The summed E-state index contributed by atoms with van der Waals surface area (Å²) in [6.07, 6.45) is 7.32. The molecule has 0 aliphatic heterocycles. The summed E-state index contributed by atoms with van der Waals surface area (Å²) in [6, 6.07) is 0. The molecule has 0 radical (unpaired) electrons. The molecule has 1 aliphatic carbocycles. The number of hydrogen-bond acceptors (Lipinski definition) is 3. The highest BCUT2D eigenvalue weighted by molar-refractivity contribution is 6.33. The minimum Gasteiger partial charge on any atom is -0.371 e. The number of aliphatic hydroxyl groups is 1. The lowest BCUT2D eigenvalue weighted by Gasteiger charge is -2.22. The van der Waals surface area contributed by atoms with E-state index in [1.165, 1.54) is 6.08 Å². The van der Waals surface area contributed by atoms with Crippen molar-refractivity contribution < 1.29 is 14.6 Å². The van der Waals surface area contributed by atoms with Crippen LogP contribution in [0.15, 0.2) is 34.9 Å². The molecule has 0 fully saturated rings. The van der Waals surface area contributed by atoms with Gasteiger partial charge in [0.2, 0.25) is 0 Å². The standard InChI is InChI=1S/C11H13ClO3/c1-8-6-9(10(12)4-5-13)2-3-11(8)15-7-14/h2-6,8,11,14H,7H2,1H3/b10-4+. The van der Waals surface area contributed by atoms with Crippen LogP contribution in [-0.2, 0) is 9.53 Å². The van der Waals surface area contributed by atoms with Gasteiger partial charge in [0.05, 0.1) is 11.1 Å². The number of ether oxygens (including phenoxy) is 1. The monoisotopic (exact) mass is 228 g/mol. The lowest BCUT2D eigenvalue weighted by molar-refractivity contribution is -0.104. The molecule has 82 valence electrons. The minimum atomic E-state index is -0.305. The van der Waals surface area contributed by atoms with Crippen LogP contribution in [-0.4, -0.2) is 24.3 Å². The molecule has 0 spiro atoms. The molecule has 0 bridgehead atoms. The van der Waals surface area contributed by atoms with Gasteiger partial charge in [-0.3, -0.25) is 4.79 Å². The van der Waals surface area contributed by atoms with Crippen LogP contribution in [0, 0.1) is 5.92 Å². The Bertz CT molecular complexity index is 318. The average Bonchev–Trinajstić information content (AvgIpc) is 2.21. The third-order valence-corrected chi connectivity index (χ3v) is 2.53. The van der Waals surface area contributed by atoms with Crippen molar-refractivity contribution in [2.75, 3.05) is 6.79 Å². The van der Waals surface area contributed by atoms with E-state index in [2.05, 4.69) is 0 Å². The molecule has 2 unspecified atom stereocenters. The number of rotatable bonds is 4. The summed E-state index contributed by atoms with van der Waals surface area (Å²) in [5.74, 6) is 0.117. The van der Waals surface area contributed by atoms with E-state index in [-0.39, 0.29) is 18.8 Å². The molecular weight excluding hydrogens is 216 g/mol. The summed E-state index contributed by atoms with van der Waals surface area (Å²) in [6.45, 7) is 1.65. The minimum absolute atomic E-state index is 0.117. The Morgan fingerprint density at radius 1 is 1.73 bits per heavy atom. The second kappa shape index (κ2) is 5.85. The number of carbonyl (C=O) groups excluding carboxylic acids is 1. The van der Waals surface area contributed by atoms with Crippen LogP contribution in [0.5, 0.6) is 0 Å². The molecule has 0 amide bonds. The van der Waals surface area contributed by atoms with Crippen LogP contribution >= 0.6 is 11.6 Å². The molecule has 3 nitrogen and oxygen atoms in total. The molecule has 1 aliphatic rings. The van der Waals surface area contributed by atoms with Crippen LogP contribution in [0.1, 0.15) is 6.92 Å². The van der Waals surface area contributed by atoms with Crippen molar-refractivity contribution in [3.63, 3.8) is 0 Å². The number of aldehydes is 1. The second-order valence-corrected chi connectivity index (χ2v) is 3.66. The van der Waals surface area contributed by atoms with Crippen molar-refractivity contribution in [3.8, 4) is 0 Å². The average molecular weight is 229 g/mol. The topological polar surface area (TPSA) is 46.5 Å². The number of allylic oxidation sites excluding steroid dienone is 4. The van der Waals surface area contributed by atoms with Crippen LogP contribution in [0.4, 0.5) is 0 Å². The van der Waals surface area contributed by atoms with Crippen molar-refractivity contribution in [2.24, 2.45) is 5.92 Å². The van der Waals surface area contributed by atoms with Crippen LogP contribution < -0.4 is 0 Å². The maximum absolute atomic E-state index is 10.2. The molecule has 0 heterocycles. The van der Waals surface area contributed by atoms with E-state index in [1.54, 1.807) is 6.08 Å². The molecule has 4 heteroatoms. The van der Waals surface area contributed by atoms with E-state index in [0.29, 0.717) is 11.3 Å². The van der Waals surface area contributed by atoms with Gasteiger partial charge in [-0.1, -0.05) is 36.8 Å². The Morgan fingerprint density at radius 3 is 3.00 bits per heavy atom. The first-order valence-corrected chi connectivity index (χ1v) is 5.00. The highest BCUT2D eigenvalue weighted by Gasteiger charge is 2.17. The van der Waals surface area contributed by atoms with Gasteiger partial charge in [-0.15, -0.1) is 0 Å². The first-order valence-electron chi connectivity index (χ1n) is 4.63. The highest BCUT2D eigenvalue weighted by Crippen LogP contribution is 2.25. The zero-order valence-corrected chi connectivity index (χ0v) is 9.15. The van der Waals surface area contributed by atoms with Crippen molar-refractivity contribution in [1.82, 2.24) is 0 Å². The van der Waals surface area contributed by atoms with Gasteiger partial charge in [-0.25, -0.2) is 0 Å². The van der Waals surface area contributed by atoms with Gasteiger partial charge in [0.1, 0.15) is 13.1 Å². The van der Waals surface area contributed by atoms with Crippen LogP contribution in [0.2, 0.25) is 0 Å². The predicted molar refractivity (Wildman–Crippen MR) is 58.3 cm³/mol. The van der Waals surface area contributed by atoms with Crippen molar-refractivity contribution in [3.05, 3.63) is 34.9 Å². The molecule has 0 aromatic heterocycles. The van der Waals surface area contributed by atoms with Crippen molar-refractivity contribution >= 4 is 17.9 Å². The van der Waals surface area contributed by atoms with Gasteiger partial charge < -0.3 is 9.84 Å². The largest absolute Gasteiger partial charge is 0.371 e. The normalized spacial score (nSPS) is 26.3. The van der Waals surface area contributed by atoms with Crippen LogP contribution in [0.3, 0.4) is 0 Å². The lowest BCUT2D eigenvalue weighted by atomic mass is 9.95. The quantitative estimate of drug-likeness (QED) is 0.453. The van der Waals surface area contributed by atoms with Gasteiger partial charge in [-0.2, -0.15) is 0 Å². The van der Waals surface area contributed by atoms with Crippen molar-refractivity contribution in [2.45, 2.75) is 13.0 Å². The molecule has 2 atom stereocenters. The van der Waals surface area contributed by atoms with E-state index in [1.807, 2.05) is 19.1 Å². The maximum Gasteiger partial charge on any atom is 0.144 e. The highest BCUT2D eigenvalue weighted by atomic mass is 35.5. The van der Waals surface area contributed by atoms with Crippen LogP contribution in [0.25, 0.3) is 0 Å². The zero-order chi connectivity index (χ0) is 11.3. The Balaban J connectivity index is 2.74. The smallest absolute Gasteiger partial charge is 0.144 e. The summed E-state index contributed by atoms with van der Waals surface area (Å²) >= 11 is 5.87. The fourth-order valence-corrected chi connectivity index (χ4v) is 1.59. The first kappa shape index (κ1) is 12.2. The summed E-state index contributed by atoms with van der Waals surface area (Å²) < 4.78 is 5.08. The molecule has 15 heavy (non-hydrogen) atoms. The summed E-state index contributed by atoms with van der Waals surface area (Å²) in [7, 11) is 0. The molecule has 0 aromatic carbocycles. The molecule has 0 saturated carbocycles.